The van der Waals surface area contributed by atoms with Crippen LogP contribution in [-0.4, -0.2) is 57.3 Å². The number of rotatable bonds is 7. The Bertz CT molecular complexity index is 1000. The van der Waals surface area contributed by atoms with Gasteiger partial charge in [0.1, 0.15) is 5.82 Å². The minimum Gasteiger partial charge on any atom is -0.350 e. The third-order valence-electron chi connectivity index (χ3n) is 5.81. The van der Waals surface area contributed by atoms with E-state index in [0.717, 1.165) is 18.4 Å². The Morgan fingerprint density at radius 1 is 1.16 bits per heavy atom. The van der Waals surface area contributed by atoms with Crippen LogP contribution in [-0.2, 0) is 10.0 Å². The summed E-state index contributed by atoms with van der Waals surface area (Å²) in [6, 6.07) is 12.1. The molecule has 1 aliphatic heterocycles. The van der Waals surface area contributed by atoms with Crippen LogP contribution >= 0.6 is 0 Å². The van der Waals surface area contributed by atoms with Crippen molar-refractivity contribution in [1.29, 1.82) is 0 Å². The fraction of sp³-hybridized carbons (Fsp3) is 0.435. The van der Waals surface area contributed by atoms with E-state index in [4.69, 9.17) is 0 Å². The molecule has 2 aromatic carbocycles. The van der Waals surface area contributed by atoms with Gasteiger partial charge in [0, 0.05) is 25.2 Å². The first kappa shape index (κ1) is 23.4. The number of nitrogens with zero attached hydrogens (tertiary/aromatic N) is 2. The largest absolute Gasteiger partial charge is 0.350 e. The molecule has 1 saturated heterocycles. The van der Waals surface area contributed by atoms with E-state index in [0.29, 0.717) is 31.1 Å². The molecule has 1 aliphatic rings. The average Bonchev–Trinajstić information content (AvgIpc) is 2.74. The van der Waals surface area contributed by atoms with E-state index in [9.17, 15) is 17.6 Å². The molecule has 0 bridgehead atoms. The van der Waals surface area contributed by atoms with Crippen LogP contribution in [0.1, 0.15) is 41.7 Å². The maximum absolute atomic E-state index is 13.6. The van der Waals surface area contributed by atoms with Crippen LogP contribution in [0.25, 0.3) is 0 Å². The van der Waals surface area contributed by atoms with Gasteiger partial charge in [0.15, 0.2) is 0 Å². The molecule has 0 aromatic heterocycles. The highest BCUT2D eigenvalue weighted by molar-refractivity contribution is 7.89. The summed E-state index contributed by atoms with van der Waals surface area (Å²) in [5.41, 5.74) is 1.14. The Morgan fingerprint density at radius 3 is 2.39 bits per heavy atom. The molecule has 0 saturated carbocycles. The molecule has 1 atom stereocenters. The number of hydrogen-bond acceptors (Lipinski definition) is 4. The molecule has 3 rings (SSSR count). The summed E-state index contributed by atoms with van der Waals surface area (Å²) in [5, 5.41) is 2.86. The van der Waals surface area contributed by atoms with Crippen molar-refractivity contribution in [3.05, 3.63) is 65.5 Å². The minimum absolute atomic E-state index is 0.194. The number of halogens is 1. The molecule has 1 fully saturated rings. The van der Waals surface area contributed by atoms with Crippen LogP contribution < -0.4 is 5.32 Å². The molecule has 1 N–H and O–H groups in total. The summed E-state index contributed by atoms with van der Waals surface area (Å²) in [6.07, 6.45) is 1.72. The second-order valence-corrected chi connectivity index (χ2v) is 10.3. The van der Waals surface area contributed by atoms with Crippen LogP contribution in [0.3, 0.4) is 0 Å². The number of benzene rings is 2. The Morgan fingerprint density at radius 2 is 1.81 bits per heavy atom. The van der Waals surface area contributed by atoms with Crippen molar-refractivity contribution in [2.45, 2.75) is 30.7 Å². The number of sulfonamides is 1. The lowest BCUT2D eigenvalue weighted by molar-refractivity contribution is 0.0942. The van der Waals surface area contributed by atoms with E-state index in [-0.39, 0.29) is 22.7 Å². The fourth-order valence-corrected chi connectivity index (χ4v) is 5.23. The van der Waals surface area contributed by atoms with Crippen LogP contribution in [0.2, 0.25) is 0 Å². The zero-order valence-corrected chi connectivity index (χ0v) is 19.0. The summed E-state index contributed by atoms with van der Waals surface area (Å²) in [7, 11) is 0.182. The van der Waals surface area contributed by atoms with Crippen molar-refractivity contribution >= 4 is 15.9 Å². The Kier molecular flexibility index (Phi) is 7.46. The molecular formula is C23H30FN3O3S. The number of piperidine rings is 1. The molecule has 31 heavy (non-hydrogen) atoms. The molecule has 1 unspecified atom stereocenters. The Labute approximate surface area is 184 Å². The van der Waals surface area contributed by atoms with Gasteiger partial charge in [-0.25, -0.2) is 12.8 Å². The van der Waals surface area contributed by atoms with Gasteiger partial charge < -0.3 is 10.2 Å². The summed E-state index contributed by atoms with van der Waals surface area (Å²) >= 11 is 0. The predicted molar refractivity (Wildman–Crippen MR) is 119 cm³/mol. The van der Waals surface area contributed by atoms with E-state index in [2.05, 4.69) is 12.2 Å². The third kappa shape index (κ3) is 5.70. The quantitative estimate of drug-likeness (QED) is 0.707. The van der Waals surface area contributed by atoms with Gasteiger partial charge in [-0.3, -0.25) is 4.79 Å². The molecule has 6 nitrogen and oxygen atoms in total. The maximum atomic E-state index is 13.6. The zero-order valence-electron chi connectivity index (χ0n) is 18.2. The number of carbonyl (C=O) groups is 1. The van der Waals surface area contributed by atoms with Gasteiger partial charge >= 0.3 is 0 Å². The summed E-state index contributed by atoms with van der Waals surface area (Å²) in [6.45, 7) is 3.48. The predicted octanol–water partition coefficient (Wildman–Crippen LogP) is 3.28. The Hall–Kier alpha value is -2.29. The number of hydrogen-bond donors (Lipinski definition) is 1. The highest BCUT2D eigenvalue weighted by atomic mass is 32.2. The van der Waals surface area contributed by atoms with Crippen LogP contribution in [0.4, 0.5) is 4.39 Å². The van der Waals surface area contributed by atoms with E-state index < -0.39 is 10.0 Å². The van der Waals surface area contributed by atoms with Crippen molar-refractivity contribution in [2.24, 2.45) is 5.92 Å². The molecule has 1 amide bonds. The van der Waals surface area contributed by atoms with Gasteiger partial charge in [0.25, 0.3) is 5.91 Å². The van der Waals surface area contributed by atoms with Gasteiger partial charge in [-0.2, -0.15) is 4.31 Å². The topological polar surface area (TPSA) is 69.7 Å². The van der Waals surface area contributed by atoms with Gasteiger partial charge in [-0.1, -0.05) is 19.1 Å². The second kappa shape index (κ2) is 9.89. The number of amides is 1. The van der Waals surface area contributed by atoms with Crippen molar-refractivity contribution in [1.82, 2.24) is 14.5 Å². The van der Waals surface area contributed by atoms with Crippen molar-refractivity contribution in [2.75, 3.05) is 33.7 Å². The molecule has 0 aliphatic carbocycles. The highest BCUT2D eigenvalue weighted by Gasteiger charge is 2.28. The summed E-state index contributed by atoms with van der Waals surface area (Å²) in [5.74, 6) is -0.0921. The van der Waals surface area contributed by atoms with E-state index in [1.54, 1.807) is 6.07 Å². The number of nitrogens with one attached hydrogen (secondary N) is 1. The van der Waals surface area contributed by atoms with E-state index in [1.807, 2.05) is 25.1 Å². The maximum Gasteiger partial charge on any atom is 0.251 e. The van der Waals surface area contributed by atoms with Crippen LogP contribution in [0.5, 0.6) is 0 Å². The van der Waals surface area contributed by atoms with Crippen molar-refractivity contribution < 1.29 is 17.6 Å². The average molecular weight is 448 g/mol. The fourth-order valence-electron chi connectivity index (χ4n) is 3.76. The smallest absolute Gasteiger partial charge is 0.251 e. The van der Waals surface area contributed by atoms with Gasteiger partial charge in [-0.15, -0.1) is 0 Å². The zero-order chi connectivity index (χ0) is 22.6. The Balaban J connectivity index is 1.66. The second-order valence-electron chi connectivity index (χ2n) is 8.36. The molecule has 168 valence electrons. The summed E-state index contributed by atoms with van der Waals surface area (Å²) in [4.78, 5) is 14.7. The standard InChI is InChI=1S/C23H30FN3O3S/c1-17-11-13-27(14-12-17)31(29,30)21-9-7-18(8-10-21)23(28)25-16-22(26(2)3)19-5-4-6-20(24)15-19/h4-10,15,17,22H,11-14,16H2,1-3H3,(H,25,28). The lowest BCUT2D eigenvalue weighted by Gasteiger charge is -2.29. The number of carbonyl (C=O) groups excluding carboxylic acids is 1. The third-order valence-corrected chi connectivity index (χ3v) is 7.72. The van der Waals surface area contributed by atoms with Crippen molar-refractivity contribution in [3.8, 4) is 0 Å². The van der Waals surface area contributed by atoms with Crippen LogP contribution in [0, 0.1) is 11.7 Å². The van der Waals surface area contributed by atoms with Gasteiger partial charge in [0.05, 0.1) is 10.9 Å². The normalized spacial score (nSPS) is 16.9. The first-order chi connectivity index (χ1) is 14.7. The molecular weight excluding hydrogens is 417 g/mol. The van der Waals surface area contributed by atoms with Crippen molar-refractivity contribution in [3.63, 3.8) is 0 Å². The molecule has 0 radical (unpaired) electrons. The number of likely N-dealkylation sites (N-methyl/N-ethyl adjacent to an activating group) is 1. The van der Waals surface area contributed by atoms with E-state index in [1.165, 1.54) is 40.7 Å². The monoisotopic (exact) mass is 447 g/mol. The highest BCUT2D eigenvalue weighted by Crippen LogP contribution is 2.24. The van der Waals surface area contributed by atoms with Gasteiger partial charge in [-0.05, 0) is 74.8 Å². The molecule has 1 heterocycles. The van der Waals surface area contributed by atoms with Gasteiger partial charge in [0.2, 0.25) is 10.0 Å². The first-order valence-electron chi connectivity index (χ1n) is 10.5. The SMILES string of the molecule is CC1CCN(S(=O)(=O)c2ccc(C(=O)NCC(c3cccc(F)c3)N(C)C)cc2)CC1. The lowest BCUT2D eigenvalue weighted by atomic mass is 10.0. The first-order valence-corrected chi connectivity index (χ1v) is 11.9. The molecule has 2 aromatic rings. The van der Waals surface area contributed by atoms with Crippen LogP contribution in [0.15, 0.2) is 53.4 Å². The van der Waals surface area contributed by atoms with E-state index >= 15 is 0 Å². The molecule has 8 heteroatoms. The minimum atomic E-state index is -3.55. The lowest BCUT2D eigenvalue weighted by Crippen LogP contribution is -2.38. The summed E-state index contributed by atoms with van der Waals surface area (Å²) < 4.78 is 40.8. The molecule has 0 spiro atoms.